The van der Waals surface area contributed by atoms with Gasteiger partial charge in [-0.25, -0.2) is 0 Å². The van der Waals surface area contributed by atoms with Gasteiger partial charge < -0.3 is 5.11 Å². The Morgan fingerprint density at radius 1 is 1.30 bits per heavy atom. The molecule has 1 rings (SSSR count). The fourth-order valence-electron chi connectivity index (χ4n) is 0.666. The lowest BCUT2D eigenvalue weighted by molar-refractivity contribution is 0.471. The van der Waals surface area contributed by atoms with E-state index in [1.54, 1.807) is 19.1 Å². The Labute approximate surface area is 58.8 Å². The predicted molar refractivity (Wildman–Crippen MR) is 39.1 cm³/mol. The summed E-state index contributed by atoms with van der Waals surface area (Å²) in [5.74, 6) is 0.0509. The molecule has 0 amide bonds. The molecular formula is C8H8O2. The first-order valence-electron chi connectivity index (χ1n) is 3.01. The van der Waals surface area contributed by atoms with Gasteiger partial charge in [-0.15, -0.1) is 0 Å². The second-order valence-electron chi connectivity index (χ2n) is 2.09. The molecule has 0 saturated heterocycles. The van der Waals surface area contributed by atoms with Crippen molar-refractivity contribution < 1.29 is 5.11 Å². The van der Waals surface area contributed by atoms with Crippen molar-refractivity contribution in [2.75, 3.05) is 0 Å². The largest absolute Gasteiger partial charge is 0.508 e. The molecule has 0 radical (unpaired) electrons. The van der Waals surface area contributed by atoms with Gasteiger partial charge in [0.25, 0.3) is 0 Å². The van der Waals surface area contributed by atoms with E-state index < -0.39 is 0 Å². The maximum absolute atomic E-state index is 10.9. The van der Waals surface area contributed by atoms with Crippen LogP contribution in [0.2, 0.25) is 0 Å². The molecule has 1 aromatic rings. The van der Waals surface area contributed by atoms with Crippen molar-refractivity contribution in [3.05, 3.63) is 40.1 Å². The van der Waals surface area contributed by atoms with E-state index in [-0.39, 0.29) is 11.2 Å². The van der Waals surface area contributed by atoms with Gasteiger partial charge in [-0.05, 0) is 19.1 Å². The van der Waals surface area contributed by atoms with Crippen LogP contribution in [-0.4, -0.2) is 5.11 Å². The van der Waals surface area contributed by atoms with Crippen molar-refractivity contribution in [1.82, 2.24) is 0 Å². The van der Waals surface area contributed by atoms with Crippen LogP contribution in [-0.2, 0) is 0 Å². The number of aromatic hydroxyl groups is 1. The Bertz CT molecular complexity index is 291. The lowest BCUT2D eigenvalue weighted by atomic mass is 10.3. The molecular weight excluding hydrogens is 128 g/mol. The third kappa shape index (κ3) is 1.16. The standard InChI is InChI=1S/C8H8O2/c1-6-7(9)4-2-3-5-8(6)10/h2-5,9H,1H3. The van der Waals surface area contributed by atoms with Crippen molar-refractivity contribution in [3.8, 4) is 5.75 Å². The van der Waals surface area contributed by atoms with Crippen LogP contribution in [0.4, 0.5) is 0 Å². The number of rotatable bonds is 0. The highest BCUT2D eigenvalue weighted by atomic mass is 16.3. The summed E-state index contributed by atoms with van der Waals surface area (Å²) in [6.07, 6.45) is 0. The van der Waals surface area contributed by atoms with Gasteiger partial charge in [0, 0.05) is 5.56 Å². The van der Waals surface area contributed by atoms with Crippen LogP contribution < -0.4 is 5.43 Å². The average molecular weight is 136 g/mol. The molecule has 0 fully saturated rings. The van der Waals surface area contributed by atoms with Crippen molar-refractivity contribution in [1.29, 1.82) is 0 Å². The summed E-state index contributed by atoms with van der Waals surface area (Å²) < 4.78 is 0. The first kappa shape index (κ1) is 6.81. The fourth-order valence-corrected chi connectivity index (χ4v) is 0.666. The first-order valence-corrected chi connectivity index (χ1v) is 3.01. The van der Waals surface area contributed by atoms with Crippen LogP contribution in [0.5, 0.6) is 5.75 Å². The monoisotopic (exact) mass is 136 g/mol. The van der Waals surface area contributed by atoms with Crippen molar-refractivity contribution in [2.45, 2.75) is 6.92 Å². The van der Waals surface area contributed by atoms with Crippen LogP contribution in [0.25, 0.3) is 0 Å². The molecule has 52 valence electrons. The second-order valence-corrected chi connectivity index (χ2v) is 2.09. The summed E-state index contributed by atoms with van der Waals surface area (Å²) in [5, 5.41) is 9.06. The molecule has 0 bridgehead atoms. The van der Waals surface area contributed by atoms with Crippen molar-refractivity contribution in [3.63, 3.8) is 0 Å². The third-order valence-electron chi connectivity index (χ3n) is 1.37. The Hall–Kier alpha value is -1.31. The highest BCUT2D eigenvalue weighted by molar-refractivity contribution is 5.28. The van der Waals surface area contributed by atoms with Gasteiger partial charge in [-0.3, -0.25) is 4.79 Å². The minimum absolute atomic E-state index is 0.0509. The van der Waals surface area contributed by atoms with Crippen LogP contribution in [0, 0.1) is 6.92 Å². The molecule has 0 unspecified atom stereocenters. The Morgan fingerprint density at radius 2 is 1.90 bits per heavy atom. The molecule has 10 heavy (non-hydrogen) atoms. The summed E-state index contributed by atoms with van der Waals surface area (Å²) in [4.78, 5) is 10.9. The number of hydrogen-bond acceptors (Lipinski definition) is 2. The molecule has 0 aromatic heterocycles. The van der Waals surface area contributed by atoms with Crippen LogP contribution in [0.3, 0.4) is 0 Å². The Morgan fingerprint density at radius 3 is 2.60 bits per heavy atom. The van der Waals surface area contributed by atoms with E-state index in [4.69, 9.17) is 5.11 Å². The third-order valence-corrected chi connectivity index (χ3v) is 1.37. The van der Waals surface area contributed by atoms with E-state index in [0.717, 1.165) is 0 Å². The van der Waals surface area contributed by atoms with Gasteiger partial charge in [0.1, 0.15) is 5.75 Å². The average Bonchev–Trinajstić information content (AvgIpc) is 2.04. The summed E-state index contributed by atoms with van der Waals surface area (Å²) >= 11 is 0. The van der Waals surface area contributed by atoms with Crippen molar-refractivity contribution >= 4 is 0 Å². The molecule has 0 atom stereocenters. The smallest absolute Gasteiger partial charge is 0.185 e. The molecule has 1 N–H and O–H groups in total. The van der Waals surface area contributed by atoms with Gasteiger partial charge >= 0.3 is 0 Å². The maximum Gasteiger partial charge on any atom is 0.185 e. The van der Waals surface area contributed by atoms with Gasteiger partial charge in [0.15, 0.2) is 5.43 Å². The first-order chi connectivity index (χ1) is 4.72. The van der Waals surface area contributed by atoms with Crippen LogP contribution in [0.1, 0.15) is 5.56 Å². The number of hydrogen-bond donors (Lipinski definition) is 1. The summed E-state index contributed by atoms with van der Waals surface area (Å²) in [6.45, 7) is 1.59. The molecule has 1 aromatic carbocycles. The highest BCUT2D eigenvalue weighted by Crippen LogP contribution is 2.07. The van der Waals surface area contributed by atoms with Crippen molar-refractivity contribution in [2.24, 2.45) is 0 Å². The highest BCUT2D eigenvalue weighted by Gasteiger charge is 1.93. The van der Waals surface area contributed by atoms with E-state index >= 15 is 0 Å². The summed E-state index contributed by atoms with van der Waals surface area (Å²) in [5.41, 5.74) is 0.257. The normalized spacial score (nSPS) is 9.30. The summed E-state index contributed by atoms with van der Waals surface area (Å²) in [6, 6.07) is 6.16. The van der Waals surface area contributed by atoms with E-state index in [2.05, 4.69) is 0 Å². The zero-order chi connectivity index (χ0) is 7.56. The molecule has 0 aliphatic carbocycles. The van der Waals surface area contributed by atoms with Gasteiger partial charge in [-0.1, -0.05) is 12.1 Å². The molecule has 0 aliphatic heterocycles. The molecule has 2 heteroatoms. The molecule has 0 saturated carbocycles. The molecule has 0 spiro atoms. The Kier molecular flexibility index (Phi) is 1.71. The predicted octanol–water partition coefficient (Wildman–Crippen LogP) is 1.06. The van der Waals surface area contributed by atoms with Crippen LogP contribution in [0.15, 0.2) is 29.1 Å². The summed E-state index contributed by atoms with van der Waals surface area (Å²) in [7, 11) is 0. The van der Waals surface area contributed by atoms with Gasteiger partial charge in [0.05, 0.1) is 0 Å². The zero-order valence-corrected chi connectivity index (χ0v) is 5.66. The minimum atomic E-state index is -0.137. The van der Waals surface area contributed by atoms with Crippen LogP contribution >= 0.6 is 0 Å². The minimum Gasteiger partial charge on any atom is -0.508 e. The quantitative estimate of drug-likeness (QED) is 0.579. The SMILES string of the molecule is Cc1c(O)ccccc1=O. The van der Waals surface area contributed by atoms with E-state index in [1.165, 1.54) is 12.1 Å². The molecule has 0 heterocycles. The lowest BCUT2D eigenvalue weighted by Gasteiger charge is -1.85. The molecule has 0 aliphatic rings. The fraction of sp³-hybridized carbons (Fsp3) is 0.125. The second kappa shape index (κ2) is 2.52. The topological polar surface area (TPSA) is 37.3 Å². The molecule has 2 nitrogen and oxygen atoms in total. The lowest BCUT2D eigenvalue weighted by Crippen LogP contribution is -1.97. The zero-order valence-electron chi connectivity index (χ0n) is 5.66. The van der Waals surface area contributed by atoms with E-state index in [9.17, 15) is 4.79 Å². The maximum atomic E-state index is 10.9. The van der Waals surface area contributed by atoms with Gasteiger partial charge in [-0.2, -0.15) is 0 Å². The van der Waals surface area contributed by atoms with Gasteiger partial charge in [0.2, 0.25) is 0 Å². The Balaban J connectivity index is 3.53. The van der Waals surface area contributed by atoms with E-state index in [1.807, 2.05) is 0 Å². The van der Waals surface area contributed by atoms with E-state index in [0.29, 0.717) is 5.56 Å².